The zero-order valence-electron chi connectivity index (χ0n) is 14.6. The molecule has 0 saturated heterocycles. The Kier molecular flexibility index (Phi) is 4.58. The smallest absolute Gasteiger partial charge is 0.196 e. The largest absolute Gasteiger partial charge is 0.356 e. The summed E-state index contributed by atoms with van der Waals surface area (Å²) in [5, 5.41) is 13.4. The van der Waals surface area contributed by atoms with Gasteiger partial charge in [0.2, 0.25) is 0 Å². The van der Waals surface area contributed by atoms with E-state index in [0.717, 1.165) is 27.9 Å². The summed E-state index contributed by atoms with van der Waals surface area (Å²) >= 11 is 1.59. The summed E-state index contributed by atoms with van der Waals surface area (Å²) in [4.78, 5) is 0. The molecule has 0 radical (unpaired) electrons. The van der Waals surface area contributed by atoms with Crippen molar-refractivity contribution in [2.24, 2.45) is 0 Å². The molecule has 0 aliphatic heterocycles. The SMILES string of the molecule is Cc1ccc(C)c(-n2cnnc2SCc2cc(-c3ccccc3)on2)c1. The van der Waals surface area contributed by atoms with Crippen molar-refractivity contribution in [3.8, 4) is 17.0 Å². The molecule has 0 amide bonds. The fraction of sp³-hybridized carbons (Fsp3) is 0.150. The van der Waals surface area contributed by atoms with E-state index in [0.29, 0.717) is 5.75 Å². The van der Waals surface area contributed by atoms with Crippen LogP contribution in [0.2, 0.25) is 0 Å². The molecule has 0 aliphatic rings. The van der Waals surface area contributed by atoms with Gasteiger partial charge in [-0.3, -0.25) is 4.57 Å². The Balaban J connectivity index is 1.52. The summed E-state index contributed by atoms with van der Waals surface area (Å²) < 4.78 is 7.48. The second kappa shape index (κ2) is 7.17. The minimum absolute atomic E-state index is 0.667. The minimum Gasteiger partial charge on any atom is -0.356 e. The molecule has 2 aromatic carbocycles. The molecule has 6 heteroatoms. The molecule has 0 spiro atoms. The number of aryl methyl sites for hydroxylation is 2. The van der Waals surface area contributed by atoms with Crippen molar-refractivity contribution < 1.29 is 4.52 Å². The van der Waals surface area contributed by atoms with Crippen LogP contribution in [0.3, 0.4) is 0 Å². The molecule has 0 N–H and O–H groups in total. The molecular weight excluding hydrogens is 344 g/mol. The molecule has 0 saturated carbocycles. The second-order valence-electron chi connectivity index (χ2n) is 6.11. The third-order valence-corrected chi connectivity index (χ3v) is 5.08. The number of nitrogens with zero attached hydrogens (tertiary/aromatic N) is 4. The van der Waals surface area contributed by atoms with Gasteiger partial charge >= 0.3 is 0 Å². The quantitative estimate of drug-likeness (QED) is 0.476. The first-order valence-corrected chi connectivity index (χ1v) is 9.31. The van der Waals surface area contributed by atoms with Crippen LogP contribution >= 0.6 is 11.8 Å². The maximum atomic E-state index is 5.46. The highest BCUT2D eigenvalue weighted by Crippen LogP contribution is 2.27. The molecule has 2 heterocycles. The summed E-state index contributed by atoms with van der Waals surface area (Å²) in [5.74, 6) is 1.44. The molecule has 4 aromatic rings. The Morgan fingerprint density at radius 3 is 2.73 bits per heavy atom. The van der Waals surface area contributed by atoms with Crippen molar-refractivity contribution in [3.63, 3.8) is 0 Å². The molecule has 4 rings (SSSR count). The van der Waals surface area contributed by atoms with Gasteiger partial charge in [0.05, 0.1) is 11.4 Å². The van der Waals surface area contributed by atoms with Gasteiger partial charge in [0.1, 0.15) is 6.33 Å². The van der Waals surface area contributed by atoms with E-state index in [4.69, 9.17) is 4.52 Å². The highest BCUT2D eigenvalue weighted by Gasteiger charge is 2.12. The van der Waals surface area contributed by atoms with E-state index in [-0.39, 0.29) is 0 Å². The van der Waals surface area contributed by atoms with E-state index in [2.05, 4.69) is 47.4 Å². The third-order valence-electron chi connectivity index (χ3n) is 4.11. The molecule has 0 unspecified atom stereocenters. The predicted molar refractivity (Wildman–Crippen MR) is 102 cm³/mol. The average Bonchev–Trinajstić information content (AvgIpc) is 3.32. The maximum absolute atomic E-state index is 5.46. The van der Waals surface area contributed by atoms with Crippen molar-refractivity contribution in [3.05, 3.63) is 77.7 Å². The van der Waals surface area contributed by atoms with Gasteiger partial charge in [-0.1, -0.05) is 59.4 Å². The van der Waals surface area contributed by atoms with Gasteiger partial charge in [-0.25, -0.2) is 0 Å². The summed E-state index contributed by atoms with van der Waals surface area (Å²) in [6, 6.07) is 18.3. The molecular formula is C20H18N4OS. The van der Waals surface area contributed by atoms with Crippen molar-refractivity contribution in [2.75, 3.05) is 0 Å². The van der Waals surface area contributed by atoms with E-state index < -0.39 is 0 Å². The van der Waals surface area contributed by atoms with Gasteiger partial charge < -0.3 is 4.52 Å². The van der Waals surface area contributed by atoms with E-state index in [9.17, 15) is 0 Å². The van der Waals surface area contributed by atoms with E-state index in [1.807, 2.05) is 41.0 Å². The molecule has 26 heavy (non-hydrogen) atoms. The van der Waals surface area contributed by atoms with Crippen molar-refractivity contribution in [1.29, 1.82) is 0 Å². The molecule has 130 valence electrons. The second-order valence-corrected chi connectivity index (χ2v) is 7.05. The molecule has 0 aliphatic carbocycles. The molecule has 0 atom stereocenters. The lowest BCUT2D eigenvalue weighted by molar-refractivity contribution is 0.426. The Morgan fingerprint density at radius 2 is 1.88 bits per heavy atom. The van der Waals surface area contributed by atoms with Crippen LogP contribution in [0.15, 0.2) is 70.6 Å². The van der Waals surface area contributed by atoms with Gasteiger partial charge in [0.15, 0.2) is 10.9 Å². The zero-order chi connectivity index (χ0) is 17.9. The van der Waals surface area contributed by atoms with Gasteiger partial charge in [0.25, 0.3) is 0 Å². The van der Waals surface area contributed by atoms with Crippen molar-refractivity contribution >= 4 is 11.8 Å². The maximum Gasteiger partial charge on any atom is 0.196 e. The molecule has 0 fully saturated rings. The first kappa shape index (κ1) is 16.6. The van der Waals surface area contributed by atoms with Crippen molar-refractivity contribution in [1.82, 2.24) is 19.9 Å². The third kappa shape index (κ3) is 3.41. The van der Waals surface area contributed by atoms with Crippen LogP contribution in [0.25, 0.3) is 17.0 Å². The summed E-state index contributed by atoms with van der Waals surface area (Å²) in [5.41, 5.74) is 5.39. The lowest BCUT2D eigenvalue weighted by atomic mass is 10.1. The molecule has 5 nitrogen and oxygen atoms in total. The van der Waals surface area contributed by atoms with Crippen LogP contribution < -0.4 is 0 Å². The molecule has 2 aromatic heterocycles. The minimum atomic E-state index is 0.667. The monoisotopic (exact) mass is 362 g/mol. The van der Waals surface area contributed by atoms with E-state index in [1.54, 1.807) is 18.1 Å². The highest BCUT2D eigenvalue weighted by molar-refractivity contribution is 7.98. The van der Waals surface area contributed by atoms with Crippen LogP contribution in [0.1, 0.15) is 16.8 Å². The topological polar surface area (TPSA) is 56.7 Å². The normalized spacial score (nSPS) is 11.0. The first-order valence-electron chi connectivity index (χ1n) is 8.32. The van der Waals surface area contributed by atoms with Crippen LogP contribution in [0.5, 0.6) is 0 Å². The Labute approximate surface area is 156 Å². The number of benzene rings is 2. The van der Waals surface area contributed by atoms with E-state index >= 15 is 0 Å². The zero-order valence-corrected chi connectivity index (χ0v) is 15.4. The molecule has 0 bridgehead atoms. The van der Waals surface area contributed by atoms with Crippen LogP contribution in [-0.2, 0) is 5.75 Å². The standard InChI is InChI=1S/C20H18N4OS/c1-14-8-9-15(2)18(10-14)24-13-21-22-20(24)26-12-17-11-19(25-23-17)16-6-4-3-5-7-16/h3-11,13H,12H2,1-2H3. The van der Waals surface area contributed by atoms with Gasteiger partial charge in [-0.2, -0.15) is 0 Å². The number of aromatic nitrogens is 4. The predicted octanol–water partition coefficient (Wildman–Crippen LogP) is 4.83. The number of hydrogen-bond acceptors (Lipinski definition) is 5. The lowest BCUT2D eigenvalue weighted by Crippen LogP contribution is -1.98. The van der Waals surface area contributed by atoms with Gasteiger partial charge in [-0.05, 0) is 31.0 Å². The van der Waals surface area contributed by atoms with Crippen LogP contribution in [0.4, 0.5) is 0 Å². The summed E-state index contributed by atoms with van der Waals surface area (Å²) in [7, 11) is 0. The Morgan fingerprint density at radius 1 is 1.04 bits per heavy atom. The summed E-state index contributed by atoms with van der Waals surface area (Å²) in [6.45, 7) is 4.17. The van der Waals surface area contributed by atoms with Crippen molar-refractivity contribution in [2.45, 2.75) is 24.8 Å². The Hall–Kier alpha value is -2.86. The average molecular weight is 362 g/mol. The van der Waals surface area contributed by atoms with Crippen LogP contribution in [-0.4, -0.2) is 19.9 Å². The summed E-state index contributed by atoms with van der Waals surface area (Å²) in [6.07, 6.45) is 1.75. The first-order chi connectivity index (χ1) is 12.7. The fourth-order valence-electron chi connectivity index (χ4n) is 2.72. The Bertz CT molecular complexity index is 1020. The van der Waals surface area contributed by atoms with E-state index in [1.165, 1.54) is 11.1 Å². The highest BCUT2D eigenvalue weighted by atomic mass is 32.2. The number of thioether (sulfide) groups is 1. The number of hydrogen-bond donors (Lipinski definition) is 0. The number of rotatable bonds is 5. The lowest BCUT2D eigenvalue weighted by Gasteiger charge is -2.09. The fourth-order valence-corrected chi connectivity index (χ4v) is 3.53. The van der Waals surface area contributed by atoms with Gasteiger partial charge in [-0.15, -0.1) is 10.2 Å². The van der Waals surface area contributed by atoms with Gasteiger partial charge in [0, 0.05) is 17.4 Å². The van der Waals surface area contributed by atoms with Crippen LogP contribution in [0, 0.1) is 13.8 Å².